The summed E-state index contributed by atoms with van der Waals surface area (Å²) in [6, 6.07) is 0. The van der Waals surface area contributed by atoms with E-state index in [9.17, 15) is 14.2 Å². The SMILES string of the molecule is C=CCO[P+](=O)N1C(=O)C=CC1=O. The first-order valence-electron chi connectivity index (χ1n) is 3.44. The van der Waals surface area contributed by atoms with Gasteiger partial charge in [-0.25, -0.2) is 0 Å². The fourth-order valence-corrected chi connectivity index (χ4v) is 1.53. The number of imide groups is 1. The summed E-state index contributed by atoms with van der Waals surface area (Å²) in [6.07, 6.45) is 3.48. The molecule has 0 aliphatic carbocycles. The third kappa shape index (κ3) is 2.08. The largest absolute Gasteiger partial charge is 0.657 e. The summed E-state index contributed by atoms with van der Waals surface area (Å²) >= 11 is 0. The molecule has 1 aliphatic heterocycles. The van der Waals surface area contributed by atoms with Gasteiger partial charge in [0, 0.05) is 12.2 Å². The molecule has 0 spiro atoms. The summed E-state index contributed by atoms with van der Waals surface area (Å²) in [7, 11) is -2.42. The number of rotatable bonds is 4. The molecule has 2 amide bonds. The highest BCUT2D eigenvalue weighted by Gasteiger charge is 2.42. The molecule has 0 aromatic rings. The van der Waals surface area contributed by atoms with Crippen molar-refractivity contribution in [1.29, 1.82) is 0 Å². The molecule has 0 fully saturated rings. The van der Waals surface area contributed by atoms with E-state index < -0.39 is 20.0 Å². The van der Waals surface area contributed by atoms with Crippen molar-refractivity contribution in [1.82, 2.24) is 4.67 Å². The Morgan fingerprint density at radius 1 is 1.46 bits per heavy atom. The number of hydrogen-bond donors (Lipinski definition) is 0. The van der Waals surface area contributed by atoms with Gasteiger partial charge in [-0.2, -0.15) is 0 Å². The normalized spacial score (nSPS) is 16.6. The van der Waals surface area contributed by atoms with E-state index >= 15 is 0 Å². The predicted molar refractivity (Wildman–Crippen MR) is 44.7 cm³/mol. The molecule has 0 saturated heterocycles. The molecule has 1 heterocycles. The number of nitrogens with zero attached hydrogens (tertiary/aromatic N) is 1. The molecule has 0 N–H and O–H groups in total. The van der Waals surface area contributed by atoms with Crippen molar-refractivity contribution >= 4 is 20.0 Å². The maximum Gasteiger partial charge on any atom is 0.657 e. The van der Waals surface area contributed by atoms with Gasteiger partial charge in [0.1, 0.15) is 6.61 Å². The minimum absolute atomic E-state index is 0.0340. The standard InChI is InChI=1S/C7H7NO4P/c1-2-5-12-13(11)8-6(9)3-4-7(8)10/h2-4H,1,5H2/q+1. The quantitative estimate of drug-likeness (QED) is 0.382. The molecular weight excluding hydrogens is 193 g/mol. The predicted octanol–water partition coefficient (Wildman–Crippen LogP) is 0.771. The van der Waals surface area contributed by atoms with E-state index in [4.69, 9.17) is 0 Å². The molecule has 0 aromatic heterocycles. The zero-order valence-corrected chi connectivity index (χ0v) is 7.57. The van der Waals surface area contributed by atoms with Crippen molar-refractivity contribution < 1.29 is 18.7 Å². The van der Waals surface area contributed by atoms with Gasteiger partial charge >= 0.3 is 8.18 Å². The van der Waals surface area contributed by atoms with Crippen LogP contribution in [-0.2, 0) is 18.7 Å². The summed E-state index contributed by atoms with van der Waals surface area (Å²) in [4.78, 5) is 21.8. The fourth-order valence-electron chi connectivity index (χ4n) is 0.728. The van der Waals surface area contributed by atoms with Crippen LogP contribution in [0.2, 0.25) is 0 Å². The second-order valence-electron chi connectivity index (χ2n) is 2.14. The van der Waals surface area contributed by atoms with Gasteiger partial charge in [-0.1, -0.05) is 6.08 Å². The second-order valence-corrected chi connectivity index (χ2v) is 3.28. The second kappa shape index (κ2) is 4.07. The third-order valence-corrected chi connectivity index (χ3v) is 2.34. The first kappa shape index (κ1) is 9.77. The smallest absolute Gasteiger partial charge is 0.265 e. The Morgan fingerprint density at radius 2 is 2.00 bits per heavy atom. The lowest BCUT2D eigenvalue weighted by Crippen LogP contribution is -2.22. The van der Waals surface area contributed by atoms with Crippen molar-refractivity contribution in [2.45, 2.75) is 0 Å². The highest BCUT2D eigenvalue weighted by atomic mass is 31.1. The minimum Gasteiger partial charge on any atom is -0.265 e. The number of carbonyl (C=O) groups excluding carboxylic acids is 2. The Balaban J connectivity index is 2.62. The molecule has 13 heavy (non-hydrogen) atoms. The van der Waals surface area contributed by atoms with E-state index in [1.54, 1.807) is 0 Å². The highest BCUT2D eigenvalue weighted by molar-refractivity contribution is 7.38. The van der Waals surface area contributed by atoms with Gasteiger partial charge in [0.25, 0.3) is 11.8 Å². The molecule has 0 bridgehead atoms. The van der Waals surface area contributed by atoms with Crippen LogP contribution in [0.5, 0.6) is 0 Å². The number of amides is 2. The van der Waals surface area contributed by atoms with Crippen molar-refractivity contribution in [3.8, 4) is 0 Å². The Kier molecular flexibility index (Phi) is 3.06. The summed E-state index contributed by atoms with van der Waals surface area (Å²) in [5.41, 5.74) is 0. The van der Waals surface area contributed by atoms with Crippen LogP contribution in [0.1, 0.15) is 0 Å². The number of carbonyl (C=O) groups is 2. The summed E-state index contributed by atoms with van der Waals surface area (Å²) in [5, 5.41) is 0. The highest BCUT2D eigenvalue weighted by Crippen LogP contribution is 2.31. The first-order chi connectivity index (χ1) is 6.16. The lowest BCUT2D eigenvalue weighted by atomic mass is 10.6. The molecule has 1 aliphatic rings. The molecule has 1 atom stereocenters. The van der Waals surface area contributed by atoms with Crippen molar-refractivity contribution in [2.24, 2.45) is 0 Å². The van der Waals surface area contributed by atoms with Gasteiger partial charge in [-0.05, 0) is 9.24 Å². The summed E-state index contributed by atoms with van der Waals surface area (Å²) < 4.78 is 16.4. The van der Waals surface area contributed by atoms with E-state index in [2.05, 4.69) is 11.1 Å². The maximum atomic E-state index is 11.1. The van der Waals surface area contributed by atoms with Gasteiger partial charge in [-0.15, -0.1) is 11.1 Å². The molecule has 0 aromatic carbocycles. The molecular formula is C7H7NO4P+. The van der Waals surface area contributed by atoms with E-state index in [-0.39, 0.29) is 6.61 Å². The van der Waals surface area contributed by atoms with Crippen LogP contribution in [0, 0.1) is 0 Å². The van der Waals surface area contributed by atoms with E-state index in [1.807, 2.05) is 0 Å². The van der Waals surface area contributed by atoms with Gasteiger partial charge in [-0.3, -0.25) is 9.59 Å². The average molecular weight is 200 g/mol. The van der Waals surface area contributed by atoms with Gasteiger partial charge in [0.2, 0.25) is 0 Å². The molecule has 1 unspecified atom stereocenters. The van der Waals surface area contributed by atoms with Crippen LogP contribution in [0.4, 0.5) is 0 Å². The Morgan fingerprint density at radius 3 is 2.46 bits per heavy atom. The molecule has 6 heteroatoms. The lowest BCUT2D eigenvalue weighted by molar-refractivity contribution is -0.131. The van der Waals surface area contributed by atoms with Crippen LogP contribution in [-0.4, -0.2) is 23.1 Å². The molecule has 68 valence electrons. The Labute approximate surface area is 75.6 Å². The van der Waals surface area contributed by atoms with Crippen LogP contribution in [0.15, 0.2) is 24.8 Å². The topological polar surface area (TPSA) is 63.7 Å². The maximum absolute atomic E-state index is 11.1. The monoisotopic (exact) mass is 200 g/mol. The lowest BCUT2D eigenvalue weighted by Gasteiger charge is -1.96. The van der Waals surface area contributed by atoms with E-state index in [0.717, 1.165) is 12.2 Å². The van der Waals surface area contributed by atoms with Gasteiger partial charge < -0.3 is 0 Å². The molecule has 5 nitrogen and oxygen atoms in total. The molecule has 0 saturated carbocycles. The van der Waals surface area contributed by atoms with E-state index in [0.29, 0.717) is 4.67 Å². The van der Waals surface area contributed by atoms with Crippen LogP contribution < -0.4 is 0 Å². The van der Waals surface area contributed by atoms with Gasteiger partial charge in [0.15, 0.2) is 0 Å². The first-order valence-corrected chi connectivity index (χ1v) is 4.57. The van der Waals surface area contributed by atoms with Crippen LogP contribution >= 0.6 is 8.18 Å². The Hall–Kier alpha value is -1.32. The molecule has 1 rings (SSSR count). The molecule has 0 radical (unpaired) electrons. The summed E-state index contributed by atoms with van der Waals surface area (Å²) in [6.45, 7) is 3.37. The van der Waals surface area contributed by atoms with Crippen molar-refractivity contribution in [2.75, 3.05) is 6.61 Å². The average Bonchev–Trinajstić information content (AvgIpc) is 2.42. The zero-order valence-electron chi connectivity index (χ0n) is 6.67. The zero-order chi connectivity index (χ0) is 9.84. The van der Waals surface area contributed by atoms with Crippen molar-refractivity contribution in [3.63, 3.8) is 0 Å². The van der Waals surface area contributed by atoms with E-state index in [1.165, 1.54) is 6.08 Å². The minimum atomic E-state index is -2.42. The van der Waals surface area contributed by atoms with Gasteiger partial charge in [0.05, 0.1) is 0 Å². The van der Waals surface area contributed by atoms with Crippen LogP contribution in [0.25, 0.3) is 0 Å². The number of hydrogen-bond acceptors (Lipinski definition) is 4. The fraction of sp³-hybridized carbons (Fsp3) is 0.143. The van der Waals surface area contributed by atoms with Crippen LogP contribution in [0.3, 0.4) is 0 Å². The summed E-state index contributed by atoms with van der Waals surface area (Å²) in [5.74, 6) is -1.23. The Bertz CT molecular complexity index is 292. The van der Waals surface area contributed by atoms with Crippen molar-refractivity contribution in [3.05, 3.63) is 24.8 Å². The third-order valence-electron chi connectivity index (χ3n) is 1.25.